The lowest BCUT2D eigenvalue weighted by atomic mass is 10.1. The average molecular weight is 257 g/mol. The monoisotopic (exact) mass is 257 g/mol. The molecule has 0 bridgehead atoms. The first kappa shape index (κ1) is 13.4. The Bertz CT molecular complexity index is 622. The molecule has 2 rings (SSSR count). The predicted octanol–water partition coefficient (Wildman–Crippen LogP) is 2.56. The Morgan fingerprint density at radius 2 is 2.16 bits per heavy atom. The Labute approximate surface area is 113 Å². The van der Waals surface area contributed by atoms with Crippen LogP contribution >= 0.6 is 0 Å². The minimum atomic E-state index is 0.644. The highest BCUT2D eigenvalue weighted by atomic mass is 16.5. The Hall–Kier alpha value is -1.99. The van der Waals surface area contributed by atoms with Gasteiger partial charge in [-0.05, 0) is 25.6 Å². The molecule has 0 aliphatic heterocycles. The molecular formula is C15H19N3O. The van der Waals surface area contributed by atoms with E-state index in [2.05, 4.69) is 18.3 Å². The van der Waals surface area contributed by atoms with Gasteiger partial charge in [0.1, 0.15) is 17.5 Å². The lowest BCUT2D eigenvalue weighted by molar-refractivity contribution is 0.340. The van der Waals surface area contributed by atoms with Crippen LogP contribution in [0.3, 0.4) is 0 Å². The van der Waals surface area contributed by atoms with Crippen molar-refractivity contribution in [3.63, 3.8) is 0 Å². The van der Waals surface area contributed by atoms with Crippen LogP contribution in [0.25, 0.3) is 10.9 Å². The van der Waals surface area contributed by atoms with E-state index in [1.807, 2.05) is 36.7 Å². The zero-order valence-electron chi connectivity index (χ0n) is 11.7. The highest BCUT2D eigenvalue weighted by molar-refractivity contribution is 5.87. The van der Waals surface area contributed by atoms with Crippen LogP contribution in [0, 0.1) is 11.3 Å². The van der Waals surface area contributed by atoms with Crippen LogP contribution in [-0.4, -0.2) is 17.7 Å². The fourth-order valence-corrected chi connectivity index (χ4v) is 2.32. The number of fused-ring (bicyclic) bond motifs is 1. The third-order valence-corrected chi connectivity index (χ3v) is 3.25. The zero-order valence-corrected chi connectivity index (χ0v) is 11.7. The summed E-state index contributed by atoms with van der Waals surface area (Å²) in [5.41, 5.74) is 2.81. The van der Waals surface area contributed by atoms with Crippen LogP contribution in [0.1, 0.15) is 25.1 Å². The molecule has 0 saturated carbocycles. The summed E-state index contributed by atoms with van der Waals surface area (Å²) in [4.78, 5) is 0. The van der Waals surface area contributed by atoms with Crippen molar-refractivity contribution in [3.8, 4) is 11.8 Å². The maximum Gasteiger partial charge on any atom is 0.125 e. The summed E-state index contributed by atoms with van der Waals surface area (Å²) in [6, 6.07) is 8.29. The Morgan fingerprint density at radius 3 is 2.79 bits per heavy atom. The van der Waals surface area contributed by atoms with Crippen LogP contribution in [0.15, 0.2) is 18.2 Å². The predicted molar refractivity (Wildman–Crippen MR) is 76.2 cm³/mol. The first-order chi connectivity index (χ1) is 9.22. The Kier molecular flexibility index (Phi) is 4.08. The average Bonchev–Trinajstić information content (AvgIpc) is 2.69. The number of rotatable bonds is 5. The van der Waals surface area contributed by atoms with Crippen molar-refractivity contribution in [1.82, 2.24) is 9.88 Å². The lowest BCUT2D eigenvalue weighted by Gasteiger charge is -2.04. The van der Waals surface area contributed by atoms with Crippen LogP contribution < -0.4 is 10.1 Å². The molecule has 0 aliphatic carbocycles. The number of hydrogen-bond donors (Lipinski definition) is 1. The molecule has 2 aromatic rings. The molecule has 0 fully saturated rings. The van der Waals surface area contributed by atoms with Gasteiger partial charge >= 0.3 is 0 Å². The molecule has 1 N–H and O–H groups in total. The van der Waals surface area contributed by atoms with Crippen molar-refractivity contribution in [3.05, 3.63) is 29.5 Å². The largest absolute Gasteiger partial charge is 0.494 e. The zero-order chi connectivity index (χ0) is 13.8. The quantitative estimate of drug-likeness (QED) is 0.895. The van der Waals surface area contributed by atoms with Crippen LogP contribution in [0.2, 0.25) is 0 Å². The van der Waals surface area contributed by atoms with Crippen molar-refractivity contribution in [2.24, 2.45) is 7.05 Å². The van der Waals surface area contributed by atoms with Crippen LogP contribution in [-0.2, 0) is 13.6 Å². The molecule has 1 heterocycles. The van der Waals surface area contributed by atoms with Gasteiger partial charge in [-0.25, -0.2) is 0 Å². The molecule has 0 saturated heterocycles. The van der Waals surface area contributed by atoms with Crippen molar-refractivity contribution in [2.75, 3.05) is 13.2 Å². The topological polar surface area (TPSA) is 50.0 Å². The first-order valence-electron chi connectivity index (χ1n) is 6.57. The molecule has 0 atom stereocenters. The van der Waals surface area contributed by atoms with E-state index in [-0.39, 0.29) is 0 Å². The number of aryl methyl sites for hydroxylation is 1. The van der Waals surface area contributed by atoms with E-state index in [1.165, 1.54) is 0 Å². The third kappa shape index (κ3) is 2.42. The van der Waals surface area contributed by atoms with Crippen LogP contribution in [0.5, 0.6) is 5.75 Å². The number of nitrogens with zero attached hydrogens (tertiary/aromatic N) is 2. The highest BCUT2D eigenvalue weighted by Gasteiger charge is 2.14. The molecule has 4 heteroatoms. The smallest absolute Gasteiger partial charge is 0.125 e. The van der Waals surface area contributed by atoms with E-state index in [1.54, 1.807) is 0 Å². The third-order valence-electron chi connectivity index (χ3n) is 3.25. The molecule has 0 radical (unpaired) electrons. The fraction of sp³-hybridized carbons (Fsp3) is 0.400. The summed E-state index contributed by atoms with van der Waals surface area (Å²) in [7, 11) is 1.92. The number of hydrogen-bond acceptors (Lipinski definition) is 3. The normalized spacial score (nSPS) is 10.6. The molecule has 19 heavy (non-hydrogen) atoms. The van der Waals surface area contributed by atoms with E-state index >= 15 is 0 Å². The number of benzene rings is 1. The maximum absolute atomic E-state index is 9.34. The summed E-state index contributed by atoms with van der Waals surface area (Å²) in [6.07, 6.45) is 0. The molecule has 100 valence electrons. The summed E-state index contributed by atoms with van der Waals surface area (Å²) in [6.45, 7) is 6.27. The van der Waals surface area contributed by atoms with E-state index in [4.69, 9.17) is 4.74 Å². The molecule has 0 aliphatic rings. The summed E-state index contributed by atoms with van der Waals surface area (Å²) < 4.78 is 7.46. The van der Waals surface area contributed by atoms with Gasteiger partial charge in [0.25, 0.3) is 0 Å². The second kappa shape index (κ2) is 5.77. The van der Waals surface area contributed by atoms with Gasteiger partial charge < -0.3 is 14.6 Å². The molecule has 0 amide bonds. The second-order valence-electron chi connectivity index (χ2n) is 4.39. The number of nitriles is 1. The van der Waals surface area contributed by atoms with E-state index in [0.29, 0.717) is 18.8 Å². The minimum absolute atomic E-state index is 0.644. The first-order valence-corrected chi connectivity index (χ1v) is 6.57. The summed E-state index contributed by atoms with van der Waals surface area (Å²) in [5, 5.41) is 13.7. The molecule has 1 aromatic carbocycles. The van der Waals surface area contributed by atoms with Gasteiger partial charge in [0, 0.05) is 30.6 Å². The number of ether oxygens (including phenoxy) is 1. The van der Waals surface area contributed by atoms with Gasteiger partial charge in [0.15, 0.2) is 0 Å². The van der Waals surface area contributed by atoms with Crippen molar-refractivity contribution >= 4 is 10.9 Å². The number of nitrogens with one attached hydrogen (secondary N) is 1. The minimum Gasteiger partial charge on any atom is -0.494 e. The van der Waals surface area contributed by atoms with Gasteiger partial charge in [-0.3, -0.25) is 0 Å². The second-order valence-corrected chi connectivity index (χ2v) is 4.39. The summed E-state index contributed by atoms with van der Waals surface area (Å²) >= 11 is 0. The van der Waals surface area contributed by atoms with Gasteiger partial charge in [0.2, 0.25) is 0 Å². The number of aromatic nitrogens is 1. The van der Waals surface area contributed by atoms with Gasteiger partial charge in [-0.15, -0.1) is 0 Å². The molecule has 0 unspecified atom stereocenters. The standard InChI is InChI=1S/C15H19N3O/c1-4-17-10-13-12-7-6-11(19-5-2)8-14(12)18(3)15(13)9-16/h6-8,17H,4-5,10H2,1-3H3. The van der Waals surface area contributed by atoms with E-state index in [9.17, 15) is 5.26 Å². The molecule has 1 aromatic heterocycles. The Balaban J connectivity index is 2.57. The maximum atomic E-state index is 9.34. The van der Waals surface area contributed by atoms with Crippen molar-refractivity contribution in [1.29, 1.82) is 5.26 Å². The van der Waals surface area contributed by atoms with Crippen molar-refractivity contribution < 1.29 is 4.74 Å². The summed E-state index contributed by atoms with van der Waals surface area (Å²) in [5.74, 6) is 0.843. The molecule has 4 nitrogen and oxygen atoms in total. The van der Waals surface area contributed by atoms with Crippen molar-refractivity contribution in [2.45, 2.75) is 20.4 Å². The van der Waals surface area contributed by atoms with E-state index in [0.717, 1.165) is 28.8 Å². The molecular weight excluding hydrogens is 238 g/mol. The van der Waals surface area contributed by atoms with Crippen LogP contribution in [0.4, 0.5) is 0 Å². The highest BCUT2D eigenvalue weighted by Crippen LogP contribution is 2.28. The van der Waals surface area contributed by atoms with Gasteiger partial charge in [-0.2, -0.15) is 5.26 Å². The Morgan fingerprint density at radius 1 is 1.37 bits per heavy atom. The van der Waals surface area contributed by atoms with Gasteiger partial charge in [0.05, 0.1) is 12.1 Å². The fourth-order valence-electron chi connectivity index (χ4n) is 2.32. The van der Waals surface area contributed by atoms with Gasteiger partial charge in [-0.1, -0.05) is 6.92 Å². The SMILES string of the molecule is CCNCc1c(C#N)n(C)c2cc(OCC)ccc12. The molecule has 0 spiro atoms. The van der Waals surface area contributed by atoms with E-state index < -0.39 is 0 Å². The lowest BCUT2D eigenvalue weighted by Crippen LogP contribution is -2.12.